The molecule has 1 aromatic carbocycles. The minimum Gasteiger partial charge on any atom is -0.495 e. The zero-order valence-corrected chi connectivity index (χ0v) is 13.5. The molecule has 0 aliphatic heterocycles. The van der Waals surface area contributed by atoms with Gasteiger partial charge in [-0.3, -0.25) is 9.59 Å². The molecule has 1 heterocycles. The molecule has 0 bridgehead atoms. The van der Waals surface area contributed by atoms with Crippen LogP contribution in [0.1, 0.15) is 6.92 Å². The quantitative estimate of drug-likeness (QED) is 0.646. The van der Waals surface area contributed by atoms with Gasteiger partial charge in [0.25, 0.3) is 5.56 Å². The Morgan fingerprint density at radius 1 is 1.45 bits per heavy atom. The first-order chi connectivity index (χ1) is 10.5. The predicted molar refractivity (Wildman–Crippen MR) is 86.8 cm³/mol. The maximum atomic E-state index is 12.2. The second kappa shape index (κ2) is 7.33. The van der Waals surface area contributed by atoms with Gasteiger partial charge in [-0.1, -0.05) is 23.4 Å². The van der Waals surface area contributed by atoms with E-state index in [1.807, 2.05) is 0 Å². The lowest BCUT2D eigenvalue weighted by Crippen LogP contribution is -2.23. The van der Waals surface area contributed by atoms with Crippen molar-refractivity contribution in [3.8, 4) is 5.75 Å². The van der Waals surface area contributed by atoms with Gasteiger partial charge in [-0.25, -0.2) is 4.98 Å². The third-order valence-electron chi connectivity index (χ3n) is 2.72. The smallest absolute Gasteiger partial charge is 0.251 e. The van der Waals surface area contributed by atoms with Crippen LogP contribution in [0.4, 0.5) is 5.69 Å². The second-order valence-electron chi connectivity index (χ2n) is 4.33. The van der Waals surface area contributed by atoms with Crippen molar-refractivity contribution in [3.05, 3.63) is 45.8 Å². The number of amides is 1. The van der Waals surface area contributed by atoms with Crippen LogP contribution in [0.3, 0.4) is 0 Å². The summed E-state index contributed by atoms with van der Waals surface area (Å²) in [6, 6.07) is 6.27. The lowest BCUT2D eigenvalue weighted by Gasteiger charge is -2.14. The Hall–Kier alpha value is -1.99. The van der Waals surface area contributed by atoms with E-state index in [9.17, 15) is 9.59 Å². The van der Waals surface area contributed by atoms with E-state index in [0.29, 0.717) is 21.6 Å². The molecule has 0 radical (unpaired) electrons. The van der Waals surface area contributed by atoms with E-state index >= 15 is 0 Å². The Balaban J connectivity index is 2.08. The summed E-state index contributed by atoms with van der Waals surface area (Å²) in [6.45, 7) is 1.71. The number of benzene rings is 1. The average molecular weight is 340 g/mol. The van der Waals surface area contributed by atoms with Crippen LogP contribution in [0.15, 0.2) is 40.4 Å². The van der Waals surface area contributed by atoms with Crippen LogP contribution in [-0.2, 0) is 4.79 Å². The summed E-state index contributed by atoms with van der Waals surface area (Å²) in [7, 11) is 1.51. The summed E-state index contributed by atoms with van der Waals surface area (Å²) in [5, 5.41) is 3.16. The largest absolute Gasteiger partial charge is 0.495 e. The lowest BCUT2D eigenvalue weighted by molar-refractivity contribution is -0.115. The van der Waals surface area contributed by atoms with Gasteiger partial charge in [0, 0.05) is 17.3 Å². The summed E-state index contributed by atoms with van der Waals surface area (Å²) in [6.07, 6.45) is 1.39. The lowest BCUT2D eigenvalue weighted by atomic mass is 10.3. The van der Waals surface area contributed by atoms with Gasteiger partial charge in [0.15, 0.2) is 5.16 Å². The summed E-state index contributed by atoms with van der Waals surface area (Å²) in [5.74, 6) is 0.262. The minimum absolute atomic E-state index is 0.253. The second-order valence-corrected chi connectivity index (χ2v) is 6.10. The first-order valence-corrected chi connectivity index (χ1v) is 7.61. The van der Waals surface area contributed by atoms with Crippen LogP contribution in [0, 0.1) is 0 Å². The number of hydrogen-bond acceptors (Lipinski definition) is 5. The van der Waals surface area contributed by atoms with Gasteiger partial charge < -0.3 is 15.0 Å². The van der Waals surface area contributed by atoms with E-state index in [-0.39, 0.29) is 11.5 Å². The fraction of sp³-hybridized carbons (Fsp3) is 0.214. The number of halogens is 1. The van der Waals surface area contributed by atoms with Crippen LogP contribution in [0.2, 0.25) is 5.02 Å². The van der Waals surface area contributed by atoms with Crippen molar-refractivity contribution in [2.45, 2.75) is 17.3 Å². The molecule has 1 aromatic heterocycles. The molecule has 116 valence electrons. The number of aromatic nitrogens is 2. The van der Waals surface area contributed by atoms with Crippen LogP contribution in [-0.4, -0.2) is 28.2 Å². The van der Waals surface area contributed by atoms with E-state index in [4.69, 9.17) is 16.3 Å². The van der Waals surface area contributed by atoms with Gasteiger partial charge in [0.2, 0.25) is 5.91 Å². The monoisotopic (exact) mass is 339 g/mol. The van der Waals surface area contributed by atoms with E-state index in [2.05, 4.69) is 15.3 Å². The minimum atomic E-state index is -0.464. The number of rotatable bonds is 5. The molecule has 6 nitrogen and oxygen atoms in total. The predicted octanol–water partition coefficient (Wildman–Crippen LogP) is 2.55. The number of methoxy groups -OCH3 is 1. The number of nitrogens with one attached hydrogen (secondary N) is 2. The summed E-state index contributed by atoms with van der Waals surface area (Å²) < 4.78 is 5.17. The molecule has 8 heteroatoms. The molecule has 0 saturated carbocycles. The maximum Gasteiger partial charge on any atom is 0.251 e. The van der Waals surface area contributed by atoms with Crippen LogP contribution < -0.4 is 15.6 Å². The van der Waals surface area contributed by atoms with E-state index in [0.717, 1.165) is 11.8 Å². The fourth-order valence-corrected chi connectivity index (χ4v) is 2.60. The van der Waals surface area contributed by atoms with Gasteiger partial charge in [-0.05, 0) is 25.1 Å². The highest BCUT2D eigenvalue weighted by molar-refractivity contribution is 8.00. The molecule has 0 aliphatic rings. The molecule has 2 aromatic rings. The molecule has 0 saturated heterocycles. The first-order valence-electron chi connectivity index (χ1n) is 6.36. The molecule has 0 spiro atoms. The van der Waals surface area contributed by atoms with Gasteiger partial charge in [-0.2, -0.15) is 0 Å². The van der Waals surface area contributed by atoms with Gasteiger partial charge >= 0.3 is 0 Å². The van der Waals surface area contributed by atoms with Gasteiger partial charge in [0.1, 0.15) is 5.75 Å². The van der Waals surface area contributed by atoms with Gasteiger partial charge in [-0.15, -0.1) is 0 Å². The SMILES string of the molecule is COc1ccc(Cl)cc1NC(=O)[C@@H](C)Sc1nccc(=O)[nH]1. The molecular formula is C14H14ClN3O3S. The zero-order chi connectivity index (χ0) is 16.1. The molecule has 0 aliphatic carbocycles. The topological polar surface area (TPSA) is 84.1 Å². The van der Waals surface area contributed by atoms with Crippen molar-refractivity contribution in [3.63, 3.8) is 0 Å². The Kier molecular flexibility index (Phi) is 5.46. The fourth-order valence-electron chi connectivity index (χ4n) is 1.65. The molecule has 0 fully saturated rings. The van der Waals surface area contributed by atoms with E-state index in [1.165, 1.54) is 19.4 Å². The number of carbonyl (C=O) groups excluding carboxylic acids is 1. The summed E-state index contributed by atoms with van der Waals surface area (Å²) >= 11 is 7.07. The zero-order valence-electron chi connectivity index (χ0n) is 11.9. The number of carbonyl (C=O) groups is 1. The number of aromatic amines is 1. The number of nitrogens with zero attached hydrogens (tertiary/aromatic N) is 1. The van der Waals surface area contributed by atoms with Gasteiger partial charge in [0.05, 0.1) is 18.0 Å². The number of ether oxygens (including phenoxy) is 1. The molecule has 2 rings (SSSR count). The standard InChI is InChI=1S/C14H14ClN3O3S/c1-8(22-14-16-6-5-12(19)18-14)13(20)17-10-7-9(15)3-4-11(10)21-2/h3-8H,1-2H3,(H,17,20)(H,16,18,19)/t8-/m1/s1. The number of thioether (sulfide) groups is 1. The third-order valence-corrected chi connectivity index (χ3v) is 3.96. The first kappa shape index (κ1) is 16.4. The molecular weight excluding hydrogens is 326 g/mol. The number of hydrogen-bond donors (Lipinski definition) is 2. The Morgan fingerprint density at radius 2 is 2.23 bits per heavy atom. The normalized spacial score (nSPS) is 11.8. The van der Waals surface area contributed by atoms with Crippen molar-refractivity contribution < 1.29 is 9.53 Å². The van der Waals surface area contributed by atoms with E-state index < -0.39 is 5.25 Å². The average Bonchev–Trinajstić information content (AvgIpc) is 2.47. The summed E-state index contributed by atoms with van der Waals surface area (Å²) in [4.78, 5) is 30.0. The van der Waals surface area contributed by atoms with Crippen molar-refractivity contribution in [2.75, 3.05) is 12.4 Å². The van der Waals surface area contributed by atoms with E-state index in [1.54, 1.807) is 25.1 Å². The Labute approximate surface area is 136 Å². The Bertz CT molecular complexity index is 735. The van der Waals surface area contributed by atoms with Crippen molar-refractivity contribution >= 4 is 35.0 Å². The highest BCUT2D eigenvalue weighted by atomic mass is 35.5. The highest BCUT2D eigenvalue weighted by Crippen LogP contribution is 2.28. The summed E-state index contributed by atoms with van der Waals surface area (Å²) in [5.41, 5.74) is 0.226. The van der Waals surface area contributed by atoms with Crippen LogP contribution in [0.5, 0.6) is 5.75 Å². The molecule has 1 atom stereocenters. The Morgan fingerprint density at radius 3 is 2.91 bits per heavy atom. The number of anilines is 1. The van der Waals surface area contributed by atoms with Crippen LogP contribution >= 0.6 is 23.4 Å². The highest BCUT2D eigenvalue weighted by Gasteiger charge is 2.17. The van der Waals surface area contributed by atoms with Crippen molar-refractivity contribution in [1.29, 1.82) is 0 Å². The van der Waals surface area contributed by atoms with Crippen molar-refractivity contribution in [2.24, 2.45) is 0 Å². The van der Waals surface area contributed by atoms with Crippen molar-refractivity contribution in [1.82, 2.24) is 9.97 Å². The number of H-pyrrole nitrogens is 1. The maximum absolute atomic E-state index is 12.2. The molecule has 1 amide bonds. The molecule has 0 unspecified atom stereocenters. The third kappa shape index (κ3) is 4.25. The molecule has 22 heavy (non-hydrogen) atoms. The van der Waals surface area contributed by atoms with Crippen LogP contribution in [0.25, 0.3) is 0 Å². The molecule has 2 N–H and O–H groups in total.